The Hall–Kier alpha value is -0.790. The number of rotatable bonds is 2. The molecule has 0 spiro atoms. The summed E-state index contributed by atoms with van der Waals surface area (Å²) in [5, 5.41) is 9.61. The van der Waals surface area contributed by atoms with Crippen molar-refractivity contribution in [3.63, 3.8) is 0 Å². The van der Waals surface area contributed by atoms with Gasteiger partial charge in [0.25, 0.3) is 0 Å². The Morgan fingerprint density at radius 1 is 1.44 bits per heavy atom. The van der Waals surface area contributed by atoms with Crippen LogP contribution in [0.2, 0.25) is 0 Å². The van der Waals surface area contributed by atoms with Crippen LogP contribution in [0.4, 0.5) is 0 Å². The zero-order valence-corrected chi connectivity index (χ0v) is 12.1. The first-order valence-corrected chi connectivity index (χ1v) is 7.27. The van der Waals surface area contributed by atoms with Crippen LogP contribution in [0.1, 0.15) is 53.4 Å². The van der Waals surface area contributed by atoms with Crippen LogP contribution < -0.4 is 0 Å². The van der Waals surface area contributed by atoms with Crippen molar-refractivity contribution in [2.24, 2.45) is 29.1 Å². The summed E-state index contributed by atoms with van der Waals surface area (Å²) in [4.78, 5) is 11.7. The molecule has 0 aromatic heterocycles. The van der Waals surface area contributed by atoms with E-state index in [-0.39, 0.29) is 0 Å². The number of fused-ring (bicyclic) bond motifs is 1. The molecule has 0 aliphatic heterocycles. The van der Waals surface area contributed by atoms with E-state index in [0.29, 0.717) is 23.7 Å². The van der Waals surface area contributed by atoms with Crippen LogP contribution in [0, 0.1) is 29.1 Å². The summed E-state index contributed by atoms with van der Waals surface area (Å²) in [7, 11) is 0. The molecule has 1 fully saturated rings. The van der Waals surface area contributed by atoms with Gasteiger partial charge in [0.2, 0.25) is 0 Å². The molecule has 2 aliphatic carbocycles. The third kappa shape index (κ3) is 2.10. The Kier molecular flexibility index (Phi) is 3.57. The topological polar surface area (TPSA) is 37.3 Å². The SMILES string of the molecule is CC1=C[C@@H]2[C@H](C(C)C)CC[C@@](C)(C(=O)O)[C@H]2CC1. The lowest BCUT2D eigenvalue weighted by atomic mass is 9.54. The van der Waals surface area contributed by atoms with E-state index in [9.17, 15) is 9.90 Å². The molecule has 2 heteroatoms. The fourth-order valence-electron chi connectivity index (χ4n) is 4.16. The highest BCUT2D eigenvalue weighted by atomic mass is 16.4. The molecule has 0 amide bonds. The monoisotopic (exact) mass is 250 g/mol. The van der Waals surface area contributed by atoms with Crippen molar-refractivity contribution in [1.82, 2.24) is 0 Å². The van der Waals surface area contributed by atoms with Gasteiger partial charge < -0.3 is 5.11 Å². The van der Waals surface area contributed by atoms with Crippen molar-refractivity contribution >= 4 is 5.97 Å². The van der Waals surface area contributed by atoms with Crippen molar-refractivity contribution in [3.8, 4) is 0 Å². The molecule has 0 aromatic carbocycles. The predicted octanol–water partition coefficient (Wildman–Crippen LogP) is 4.12. The number of carbonyl (C=O) groups is 1. The molecule has 18 heavy (non-hydrogen) atoms. The number of carboxylic acid groups (broad SMARTS) is 1. The molecule has 1 N–H and O–H groups in total. The first-order chi connectivity index (χ1) is 8.36. The van der Waals surface area contributed by atoms with E-state index in [4.69, 9.17) is 0 Å². The molecule has 2 rings (SSSR count). The van der Waals surface area contributed by atoms with Gasteiger partial charge in [0.15, 0.2) is 0 Å². The van der Waals surface area contributed by atoms with Crippen molar-refractivity contribution in [2.75, 3.05) is 0 Å². The lowest BCUT2D eigenvalue weighted by molar-refractivity contribution is -0.157. The third-order valence-corrected chi connectivity index (χ3v) is 5.45. The van der Waals surface area contributed by atoms with Crippen LogP contribution in [-0.4, -0.2) is 11.1 Å². The van der Waals surface area contributed by atoms with E-state index in [1.807, 2.05) is 6.92 Å². The molecule has 4 atom stereocenters. The summed E-state index contributed by atoms with van der Waals surface area (Å²) >= 11 is 0. The van der Waals surface area contributed by atoms with Crippen molar-refractivity contribution in [1.29, 1.82) is 0 Å². The maximum absolute atomic E-state index is 11.7. The summed E-state index contributed by atoms with van der Waals surface area (Å²) in [6.45, 7) is 8.73. The van der Waals surface area contributed by atoms with Crippen LogP contribution in [0.3, 0.4) is 0 Å². The molecule has 0 heterocycles. The quantitative estimate of drug-likeness (QED) is 0.749. The zero-order chi connectivity index (χ0) is 13.5. The number of hydrogen-bond acceptors (Lipinski definition) is 1. The van der Waals surface area contributed by atoms with Gasteiger partial charge in [-0.1, -0.05) is 25.5 Å². The van der Waals surface area contributed by atoms with Gasteiger partial charge in [0, 0.05) is 0 Å². The fraction of sp³-hybridized carbons (Fsp3) is 0.812. The molecule has 0 radical (unpaired) electrons. The van der Waals surface area contributed by atoms with Crippen molar-refractivity contribution in [3.05, 3.63) is 11.6 Å². The smallest absolute Gasteiger partial charge is 0.309 e. The average molecular weight is 250 g/mol. The summed E-state index contributed by atoms with van der Waals surface area (Å²) in [6, 6.07) is 0. The van der Waals surface area contributed by atoms with Gasteiger partial charge in [-0.2, -0.15) is 0 Å². The highest BCUT2D eigenvalue weighted by Crippen LogP contribution is 2.53. The molecular weight excluding hydrogens is 224 g/mol. The summed E-state index contributed by atoms with van der Waals surface area (Å²) in [6.07, 6.45) is 6.43. The molecule has 1 saturated carbocycles. The third-order valence-electron chi connectivity index (χ3n) is 5.45. The van der Waals surface area contributed by atoms with E-state index < -0.39 is 11.4 Å². The standard InChI is InChI=1S/C16H26O2/c1-10(2)12-7-8-16(4,15(17)18)14-6-5-11(3)9-13(12)14/h9-10,12-14H,5-8H2,1-4H3,(H,17,18)/t12-,13+,14-,16+/m0/s1. The number of allylic oxidation sites excluding steroid dienone is 2. The Morgan fingerprint density at radius 3 is 2.67 bits per heavy atom. The minimum Gasteiger partial charge on any atom is -0.481 e. The van der Waals surface area contributed by atoms with Crippen LogP contribution in [-0.2, 0) is 4.79 Å². The highest BCUT2D eigenvalue weighted by Gasteiger charge is 2.51. The molecule has 0 bridgehead atoms. The lowest BCUT2D eigenvalue weighted by Gasteiger charge is -2.49. The molecular formula is C16H26O2. The van der Waals surface area contributed by atoms with Gasteiger partial charge in [-0.05, 0) is 63.2 Å². The second kappa shape index (κ2) is 4.71. The Labute approximate surface area is 110 Å². The first kappa shape index (κ1) is 13.6. The van der Waals surface area contributed by atoms with Gasteiger partial charge in [-0.3, -0.25) is 4.79 Å². The molecule has 102 valence electrons. The van der Waals surface area contributed by atoms with Gasteiger partial charge in [0.05, 0.1) is 5.41 Å². The Morgan fingerprint density at radius 2 is 2.11 bits per heavy atom. The van der Waals surface area contributed by atoms with Crippen LogP contribution in [0.15, 0.2) is 11.6 Å². The van der Waals surface area contributed by atoms with E-state index in [1.165, 1.54) is 5.57 Å². The molecule has 0 aromatic rings. The molecule has 2 nitrogen and oxygen atoms in total. The Balaban J connectivity index is 2.35. The largest absolute Gasteiger partial charge is 0.481 e. The second-order valence-electron chi connectivity index (χ2n) is 6.90. The van der Waals surface area contributed by atoms with E-state index >= 15 is 0 Å². The molecule has 2 aliphatic rings. The molecule has 0 saturated heterocycles. The normalized spacial score (nSPS) is 40.3. The second-order valence-corrected chi connectivity index (χ2v) is 6.90. The van der Waals surface area contributed by atoms with Gasteiger partial charge in [-0.15, -0.1) is 0 Å². The first-order valence-electron chi connectivity index (χ1n) is 7.27. The van der Waals surface area contributed by atoms with Crippen molar-refractivity contribution < 1.29 is 9.90 Å². The van der Waals surface area contributed by atoms with Gasteiger partial charge in [0.1, 0.15) is 0 Å². The number of carboxylic acids is 1. The Bertz CT molecular complexity index is 369. The minimum atomic E-state index is -0.590. The number of aliphatic carboxylic acids is 1. The maximum atomic E-state index is 11.7. The predicted molar refractivity (Wildman–Crippen MR) is 73.3 cm³/mol. The zero-order valence-electron chi connectivity index (χ0n) is 12.1. The van der Waals surface area contributed by atoms with Crippen LogP contribution in [0.25, 0.3) is 0 Å². The van der Waals surface area contributed by atoms with E-state index in [2.05, 4.69) is 26.8 Å². The van der Waals surface area contributed by atoms with Crippen LogP contribution in [0.5, 0.6) is 0 Å². The summed E-state index contributed by atoms with van der Waals surface area (Å²) in [5.74, 6) is 1.54. The number of hydrogen-bond donors (Lipinski definition) is 1. The van der Waals surface area contributed by atoms with Crippen molar-refractivity contribution in [2.45, 2.75) is 53.4 Å². The van der Waals surface area contributed by atoms with Gasteiger partial charge >= 0.3 is 5.97 Å². The van der Waals surface area contributed by atoms with E-state index in [1.54, 1.807) is 0 Å². The summed E-state index contributed by atoms with van der Waals surface area (Å²) < 4.78 is 0. The average Bonchev–Trinajstić information content (AvgIpc) is 2.28. The lowest BCUT2D eigenvalue weighted by Crippen LogP contribution is -2.47. The minimum absolute atomic E-state index is 0.333. The van der Waals surface area contributed by atoms with E-state index in [0.717, 1.165) is 25.7 Å². The molecule has 0 unspecified atom stereocenters. The fourth-order valence-corrected chi connectivity index (χ4v) is 4.16. The maximum Gasteiger partial charge on any atom is 0.309 e. The highest BCUT2D eigenvalue weighted by molar-refractivity contribution is 5.75. The van der Waals surface area contributed by atoms with Crippen LogP contribution >= 0.6 is 0 Å². The summed E-state index contributed by atoms with van der Waals surface area (Å²) in [5.41, 5.74) is 0.948. The van der Waals surface area contributed by atoms with Gasteiger partial charge in [-0.25, -0.2) is 0 Å².